The zero-order valence-corrected chi connectivity index (χ0v) is 14.0. The van der Waals surface area contributed by atoms with E-state index in [2.05, 4.69) is 0 Å². The van der Waals surface area contributed by atoms with Gasteiger partial charge in [0, 0.05) is 28.9 Å². The number of ether oxygens (including phenoxy) is 2. The maximum absolute atomic E-state index is 13.4. The van der Waals surface area contributed by atoms with Gasteiger partial charge in [0.15, 0.2) is 0 Å². The molecule has 0 atom stereocenters. The summed E-state index contributed by atoms with van der Waals surface area (Å²) >= 11 is 0. The molecule has 0 saturated carbocycles. The van der Waals surface area contributed by atoms with E-state index in [9.17, 15) is 9.18 Å². The van der Waals surface area contributed by atoms with Crippen molar-refractivity contribution in [2.75, 3.05) is 18.6 Å². The summed E-state index contributed by atoms with van der Waals surface area (Å²) in [5, 5.41) is 0. The lowest BCUT2D eigenvalue weighted by Crippen LogP contribution is -2.38. The summed E-state index contributed by atoms with van der Waals surface area (Å²) in [5.41, 5.74) is 3.48. The van der Waals surface area contributed by atoms with Gasteiger partial charge in [-0.05, 0) is 43.7 Å². The van der Waals surface area contributed by atoms with E-state index < -0.39 is 0 Å². The largest absolute Gasteiger partial charge is 0.496 e. The monoisotopic (exact) mass is 329 g/mol. The minimum atomic E-state index is -0.342. The third kappa shape index (κ3) is 2.99. The highest BCUT2D eigenvalue weighted by Crippen LogP contribution is 2.35. The van der Waals surface area contributed by atoms with E-state index >= 15 is 0 Å². The van der Waals surface area contributed by atoms with Crippen molar-refractivity contribution in [3.8, 4) is 16.9 Å². The molecular weight excluding hydrogens is 309 g/mol. The SMILES string of the molecule is COc1cc(F)ccc1-c1ccc2c(c1)COCC(=O)N2C(C)C. The van der Waals surface area contributed by atoms with Crippen molar-refractivity contribution in [2.24, 2.45) is 0 Å². The van der Waals surface area contributed by atoms with Crippen LogP contribution in [0, 0.1) is 5.82 Å². The maximum atomic E-state index is 13.4. The van der Waals surface area contributed by atoms with Gasteiger partial charge < -0.3 is 14.4 Å². The molecule has 1 heterocycles. The number of halogens is 1. The van der Waals surface area contributed by atoms with Crippen molar-refractivity contribution in [3.63, 3.8) is 0 Å². The van der Waals surface area contributed by atoms with E-state index in [1.807, 2.05) is 32.0 Å². The first kappa shape index (κ1) is 16.5. The summed E-state index contributed by atoms with van der Waals surface area (Å²) in [6, 6.07) is 10.3. The number of hydrogen-bond donors (Lipinski definition) is 0. The molecule has 1 aliphatic rings. The minimum absolute atomic E-state index is 0.0455. The highest BCUT2D eigenvalue weighted by Gasteiger charge is 2.25. The number of nitrogens with zero attached hydrogens (tertiary/aromatic N) is 1. The molecule has 0 fully saturated rings. The van der Waals surface area contributed by atoms with Gasteiger partial charge in [-0.25, -0.2) is 4.39 Å². The van der Waals surface area contributed by atoms with Crippen LogP contribution in [0.5, 0.6) is 5.75 Å². The zero-order chi connectivity index (χ0) is 17.3. The average Bonchev–Trinajstić information content (AvgIpc) is 2.72. The highest BCUT2D eigenvalue weighted by atomic mass is 19.1. The first-order chi connectivity index (χ1) is 11.5. The molecule has 5 heteroatoms. The molecule has 0 aliphatic carbocycles. The lowest BCUT2D eigenvalue weighted by molar-refractivity contribution is -0.123. The predicted octanol–water partition coefficient (Wildman–Crippen LogP) is 3.77. The van der Waals surface area contributed by atoms with Crippen LogP contribution >= 0.6 is 0 Å². The Morgan fingerprint density at radius 3 is 2.67 bits per heavy atom. The second-order valence-corrected chi connectivity index (χ2v) is 6.04. The van der Waals surface area contributed by atoms with Crippen LogP contribution in [-0.4, -0.2) is 25.7 Å². The maximum Gasteiger partial charge on any atom is 0.253 e. The minimum Gasteiger partial charge on any atom is -0.496 e. The Kier molecular flexibility index (Phi) is 4.53. The van der Waals surface area contributed by atoms with Gasteiger partial charge in [0.25, 0.3) is 5.91 Å². The van der Waals surface area contributed by atoms with E-state index in [1.54, 1.807) is 11.0 Å². The van der Waals surface area contributed by atoms with E-state index in [0.29, 0.717) is 12.4 Å². The molecule has 1 aliphatic heterocycles. The molecule has 0 bridgehead atoms. The Labute approximate surface area is 140 Å². The Hall–Kier alpha value is -2.40. The fourth-order valence-electron chi connectivity index (χ4n) is 3.03. The van der Waals surface area contributed by atoms with Gasteiger partial charge >= 0.3 is 0 Å². The Morgan fingerprint density at radius 2 is 1.96 bits per heavy atom. The van der Waals surface area contributed by atoms with Crippen LogP contribution in [0.25, 0.3) is 11.1 Å². The molecular formula is C19H20FNO3. The Balaban J connectivity index is 2.09. The molecule has 2 aromatic carbocycles. The third-order valence-electron chi connectivity index (χ3n) is 4.08. The first-order valence-corrected chi connectivity index (χ1v) is 7.88. The number of carbonyl (C=O) groups is 1. The summed E-state index contributed by atoms with van der Waals surface area (Å²) in [6.07, 6.45) is 0. The summed E-state index contributed by atoms with van der Waals surface area (Å²) < 4.78 is 24.2. The van der Waals surface area contributed by atoms with Gasteiger partial charge in [0.05, 0.1) is 13.7 Å². The summed E-state index contributed by atoms with van der Waals surface area (Å²) in [7, 11) is 1.52. The molecule has 1 amide bonds. The van der Waals surface area contributed by atoms with Crippen molar-refractivity contribution in [1.82, 2.24) is 0 Å². The number of rotatable bonds is 3. The van der Waals surface area contributed by atoms with Gasteiger partial charge in [0.2, 0.25) is 0 Å². The number of hydrogen-bond acceptors (Lipinski definition) is 3. The van der Waals surface area contributed by atoms with Crippen LogP contribution in [0.1, 0.15) is 19.4 Å². The molecule has 0 saturated heterocycles. The molecule has 0 radical (unpaired) electrons. The van der Waals surface area contributed by atoms with E-state index in [1.165, 1.54) is 19.2 Å². The average molecular weight is 329 g/mol. The van der Waals surface area contributed by atoms with E-state index in [-0.39, 0.29) is 24.4 Å². The number of anilines is 1. The van der Waals surface area contributed by atoms with Crippen molar-refractivity contribution in [3.05, 3.63) is 47.8 Å². The second-order valence-electron chi connectivity index (χ2n) is 6.04. The predicted molar refractivity (Wildman–Crippen MR) is 90.7 cm³/mol. The van der Waals surface area contributed by atoms with Gasteiger partial charge in [-0.2, -0.15) is 0 Å². The molecule has 126 valence electrons. The fourth-order valence-corrected chi connectivity index (χ4v) is 3.03. The molecule has 2 aromatic rings. The van der Waals surface area contributed by atoms with Gasteiger partial charge in [-0.1, -0.05) is 6.07 Å². The van der Waals surface area contributed by atoms with Crippen molar-refractivity contribution in [1.29, 1.82) is 0 Å². The Bertz CT molecular complexity index is 773. The molecule has 3 rings (SSSR count). The van der Waals surface area contributed by atoms with Gasteiger partial charge in [0.1, 0.15) is 18.2 Å². The van der Waals surface area contributed by atoms with Crippen LogP contribution in [0.2, 0.25) is 0 Å². The fraction of sp³-hybridized carbons (Fsp3) is 0.316. The van der Waals surface area contributed by atoms with Gasteiger partial charge in [-0.15, -0.1) is 0 Å². The van der Waals surface area contributed by atoms with E-state index in [0.717, 1.165) is 22.4 Å². The van der Waals surface area contributed by atoms with Crippen molar-refractivity contribution < 1.29 is 18.7 Å². The molecule has 4 nitrogen and oxygen atoms in total. The number of amides is 1. The third-order valence-corrected chi connectivity index (χ3v) is 4.08. The van der Waals surface area contributed by atoms with Crippen LogP contribution < -0.4 is 9.64 Å². The van der Waals surface area contributed by atoms with Crippen LogP contribution in [0.3, 0.4) is 0 Å². The van der Waals surface area contributed by atoms with E-state index in [4.69, 9.17) is 9.47 Å². The Morgan fingerprint density at radius 1 is 1.17 bits per heavy atom. The smallest absolute Gasteiger partial charge is 0.253 e. The van der Waals surface area contributed by atoms with Crippen LogP contribution in [0.15, 0.2) is 36.4 Å². The number of carbonyl (C=O) groups excluding carboxylic acids is 1. The standard InChI is InChI=1S/C19H20FNO3/c1-12(2)21-17-7-4-13(8-14(17)10-24-11-19(21)22)16-6-5-15(20)9-18(16)23-3/h4-9,12H,10-11H2,1-3H3. The number of benzene rings is 2. The van der Waals surface area contributed by atoms with Crippen LogP contribution in [0.4, 0.5) is 10.1 Å². The van der Waals surface area contributed by atoms with Crippen molar-refractivity contribution in [2.45, 2.75) is 26.5 Å². The van der Waals surface area contributed by atoms with Crippen LogP contribution in [-0.2, 0) is 16.1 Å². The topological polar surface area (TPSA) is 38.8 Å². The molecule has 0 unspecified atom stereocenters. The number of fused-ring (bicyclic) bond motifs is 1. The highest BCUT2D eigenvalue weighted by molar-refractivity contribution is 5.96. The zero-order valence-electron chi connectivity index (χ0n) is 14.0. The lowest BCUT2D eigenvalue weighted by atomic mass is 10.00. The lowest BCUT2D eigenvalue weighted by Gasteiger charge is -2.26. The molecule has 0 spiro atoms. The molecule has 24 heavy (non-hydrogen) atoms. The molecule has 0 aromatic heterocycles. The summed E-state index contributed by atoms with van der Waals surface area (Å²) in [4.78, 5) is 14.0. The van der Waals surface area contributed by atoms with Crippen molar-refractivity contribution >= 4 is 11.6 Å². The number of methoxy groups -OCH3 is 1. The quantitative estimate of drug-likeness (QED) is 0.860. The first-order valence-electron chi connectivity index (χ1n) is 7.88. The summed E-state index contributed by atoms with van der Waals surface area (Å²) in [6.45, 7) is 4.39. The second kappa shape index (κ2) is 6.61. The normalized spacial score (nSPS) is 14.5. The molecule has 0 N–H and O–H groups in total. The summed E-state index contributed by atoms with van der Waals surface area (Å²) in [5.74, 6) is 0.0856. The van der Waals surface area contributed by atoms with Gasteiger partial charge in [-0.3, -0.25) is 4.79 Å².